The van der Waals surface area contributed by atoms with E-state index in [1.165, 1.54) is 11.8 Å². The maximum Gasteiger partial charge on any atom is 0.191 e. The molecule has 0 aliphatic carbocycles. The van der Waals surface area contributed by atoms with Gasteiger partial charge in [0.1, 0.15) is 5.76 Å². The Kier molecular flexibility index (Phi) is 6.54. The van der Waals surface area contributed by atoms with Crippen LogP contribution in [-0.4, -0.2) is 20.5 Å². The largest absolute Gasteiger partial charge is 0.467 e. The highest BCUT2D eigenvalue weighted by Gasteiger charge is 2.18. The summed E-state index contributed by atoms with van der Waals surface area (Å²) in [6, 6.07) is 15.5. The molecule has 0 radical (unpaired) electrons. The number of thioether (sulfide) groups is 1. The van der Waals surface area contributed by atoms with Crippen molar-refractivity contribution in [1.29, 1.82) is 10.5 Å². The topological polar surface area (TPSA) is 91.4 Å². The van der Waals surface area contributed by atoms with Gasteiger partial charge in [-0.2, -0.15) is 10.5 Å². The summed E-state index contributed by atoms with van der Waals surface area (Å²) in [5.41, 5.74) is 0.895. The van der Waals surface area contributed by atoms with Gasteiger partial charge in [0.2, 0.25) is 0 Å². The van der Waals surface area contributed by atoms with Crippen LogP contribution in [0.5, 0.6) is 0 Å². The Hall–Kier alpha value is -2.74. The smallest absolute Gasteiger partial charge is 0.191 e. The molecule has 0 aliphatic heterocycles. The number of rotatable bonds is 8. The lowest BCUT2D eigenvalue weighted by Gasteiger charge is -2.10. The van der Waals surface area contributed by atoms with Crippen LogP contribution in [0.2, 0.25) is 5.02 Å². The third kappa shape index (κ3) is 4.91. The van der Waals surface area contributed by atoms with E-state index in [9.17, 15) is 5.26 Å². The van der Waals surface area contributed by atoms with E-state index < -0.39 is 0 Å². The highest BCUT2D eigenvalue weighted by molar-refractivity contribution is 7.99. The molecule has 0 aliphatic rings. The Morgan fingerprint density at radius 1 is 1.19 bits per heavy atom. The summed E-state index contributed by atoms with van der Waals surface area (Å²) in [5.74, 6) is 1.83. The van der Waals surface area contributed by atoms with Crippen molar-refractivity contribution in [2.45, 2.75) is 24.5 Å². The second kappa shape index (κ2) is 9.27. The highest BCUT2D eigenvalue weighted by Crippen LogP contribution is 2.28. The fraction of sp³-hybridized carbons (Fsp3) is 0.263. The molecule has 0 saturated heterocycles. The number of nitrogens with zero attached hydrogens (tertiary/aromatic N) is 5. The second-order valence-electron chi connectivity index (χ2n) is 5.81. The van der Waals surface area contributed by atoms with E-state index in [-0.39, 0.29) is 5.92 Å². The Morgan fingerprint density at radius 2 is 2.00 bits per heavy atom. The number of nitriles is 2. The van der Waals surface area contributed by atoms with Gasteiger partial charge in [0, 0.05) is 22.8 Å². The summed E-state index contributed by atoms with van der Waals surface area (Å²) in [5, 5.41) is 28.0. The third-order valence-corrected chi connectivity index (χ3v) is 5.30. The van der Waals surface area contributed by atoms with E-state index in [1.807, 2.05) is 41.0 Å². The van der Waals surface area contributed by atoms with Crippen molar-refractivity contribution in [3.05, 3.63) is 53.4 Å². The molecule has 0 bridgehead atoms. The van der Waals surface area contributed by atoms with E-state index in [1.54, 1.807) is 6.26 Å². The predicted octanol–water partition coefficient (Wildman–Crippen LogP) is 4.78. The lowest BCUT2D eigenvalue weighted by Crippen LogP contribution is -2.06. The van der Waals surface area contributed by atoms with Crippen molar-refractivity contribution >= 4 is 23.4 Å². The number of hydrogen-bond acceptors (Lipinski definition) is 6. The van der Waals surface area contributed by atoms with Crippen LogP contribution in [-0.2, 0) is 6.54 Å². The Bertz CT molecular complexity index is 954. The third-order valence-electron chi connectivity index (χ3n) is 3.91. The van der Waals surface area contributed by atoms with Crippen LogP contribution >= 0.6 is 23.4 Å². The first-order valence-electron chi connectivity index (χ1n) is 8.32. The molecule has 2 aromatic heterocycles. The van der Waals surface area contributed by atoms with Gasteiger partial charge in [0.15, 0.2) is 11.0 Å². The zero-order valence-corrected chi connectivity index (χ0v) is 16.0. The summed E-state index contributed by atoms with van der Waals surface area (Å²) in [6.07, 6.45) is 2.55. The average molecular weight is 398 g/mol. The lowest BCUT2D eigenvalue weighted by molar-refractivity contribution is 0.485. The number of halogens is 1. The standard InChI is InChI=1S/C19H16ClN5OS/c20-16-7-5-15(6-8-16)18-23-24-19(25(18)12-17-4-2-10-26-17)27-13-14(11-22)3-1-9-21/h2,4-8,10,14H,1,3,12-13H2/t14-/m0/s1. The molecule has 136 valence electrons. The molecule has 6 nitrogen and oxygen atoms in total. The van der Waals surface area contributed by atoms with E-state index in [0.29, 0.717) is 41.1 Å². The van der Waals surface area contributed by atoms with Crippen LogP contribution < -0.4 is 0 Å². The molecule has 1 atom stereocenters. The minimum absolute atomic E-state index is 0.206. The first kappa shape index (κ1) is 19.0. The summed E-state index contributed by atoms with van der Waals surface area (Å²) in [6.45, 7) is 0.482. The molecular weight excluding hydrogens is 382 g/mol. The molecule has 0 saturated carbocycles. The van der Waals surface area contributed by atoms with Gasteiger partial charge in [-0.25, -0.2) is 0 Å². The van der Waals surface area contributed by atoms with Crippen molar-refractivity contribution in [3.63, 3.8) is 0 Å². The summed E-state index contributed by atoms with van der Waals surface area (Å²) in [7, 11) is 0. The molecule has 1 aromatic carbocycles. The van der Waals surface area contributed by atoms with Crippen LogP contribution in [0.15, 0.2) is 52.2 Å². The Labute approximate surface area is 166 Å². The van der Waals surface area contributed by atoms with Crippen molar-refractivity contribution in [2.75, 3.05) is 5.75 Å². The molecule has 2 heterocycles. The van der Waals surface area contributed by atoms with Crippen molar-refractivity contribution in [2.24, 2.45) is 5.92 Å². The molecule has 3 rings (SSSR count). The van der Waals surface area contributed by atoms with Gasteiger partial charge < -0.3 is 4.42 Å². The number of benzene rings is 1. The molecule has 0 unspecified atom stereocenters. The molecule has 8 heteroatoms. The van der Waals surface area contributed by atoms with Crippen molar-refractivity contribution < 1.29 is 4.42 Å². The fourth-order valence-corrected chi connectivity index (χ4v) is 3.63. The van der Waals surface area contributed by atoms with Gasteiger partial charge in [0.05, 0.1) is 30.9 Å². The average Bonchev–Trinajstić information content (AvgIpc) is 3.33. The van der Waals surface area contributed by atoms with E-state index in [2.05, 4.69) is 22.3 Å². The van der Waals surface area contributed by atoms with Gasteiger partial charge in [-0.1, -0.05) is 23.4 Å². The molecule has 0 fully saturated rings. The first-order valence-corrected chi connectivity index (χ1v) is 9.68. The number of furan rings is 1. The summed E-state index contributed by atoms with van der Waals surface area (Å²) >= 11 is 7.45. The summed E-state index contributed by atoms with van der Waals surface area (Å²) in [4.78, 5) is 0. The normalized spacial score (nSPS) is 11.7. The summed E-state index contributed by atoms with van der Waals surface area (Å²) < 4.78 is 7.44. The SMILES string of the molecule is N#CCC[C@@H](C#N)CSc1nnc(-c2ccc(Cl)cc2)n1Cc1ccco1. The van der Waals surface area contributed by atoms with E-state index >= 15 is 0 Å². The van der Waals surface area contributed by atoms with Gasteiger partial charge in [0.25, 0.3) is 0 Å². The van der Waals surface area contributed by atoms with Crippen LogP contribution in [0.25, 0.3) is 11.4 Å². The van der Waals surface area contributed by atoms with Crippen LogP contribution in [0.1, 0.15) is 18.6 Å². The minimum Gasteiger partial charge on any atom is -0.467 e. The van der Waals surface area contributed by atoms with E-state index in [0.717, 1.165) is 11.3 Å². The van der Waals surface area contributed by atoms with Crippen LogP contribution in [0.3, 0.4) is 0 Å². The van der Waals surface area contributed by atoms with E-state index in [4.69, 9.17) is 21.3 Å². The Balaban J connectivity index is 1.86. The Morgan fingerprint density at radius 3 is 2.67 bits per heavy atom. The van der Waals surface area contributed by atoms with Crippen LogP contribution in [0.4, 0.5) is 0 Å². The minimum atomic E-state index is -0.206. The maximum atomic E-state index is 9.27. The molecule has 27 heavy (non-hydrogen) atoms. The number of hydrogen-bond donors (Lipinski definition) is 0. The fourth-order valence-electron chi connectivity index (χ4n) is 2.51. The van der Waals surface area contributed by atoms with Crippen molar-refractivity contribution in [3.8, 4) is 23.5 Å². The molecule has 0 spiro atoms. The highest BCUT2D eigenvalue weighted by atomic mass is 35.5. The van der Waals surface area contributed by atoms with Crippen molar-refractivity contribution in [1.82, 2.24) is 14.8 Å². The predicted molar refractivity (Wildman–Crippen MR) is 103 cm³/mol. The zero-order valence-electron chi connectivity index (χ0n) is 14.4. The monoisotopic (exact) mass is 397 g/mol. The quantitative estimate of drug-likeness (QED) is 0.508. The lowest BCUT2D eigenvalue weighted by atomic mass is 10.1. The molecular formula is C19H16ClN5OS. The molecule has 0 amide bonds. The van der Waals surface area contributed by atoms with Gasteiger partial charge in [-0.3, -0.25) is 4.57 Å². The second-order valence-corrected chi connectivity index (χ2v) is 7.24. The van der Waals surface area contributed by atoms with Gasteiger partial charge in [-0.05, 0) is 42.8 Å². The maximum absolute atomic E-state index is 9.27. The van der Waals surface area contributed by atoms with Gasteiger partial charge in [-0.15, -0.1) is 10.2 Å². The van der Waals surface area contributed by atoms with Crippen LogP contribution in [0, 0.1) is 28.6 Å². The first-order chi connectivity index (χ1) is 13.2. The zero-order chi connectivity index (χ0) is 19.1. The number of aromatic nitrogens is 3. The molecule has 3 aromatic rings. The van der Waals surface area contributed by atoms with Gasteiger partial charge >= 0.3 is 0 Å². The molecule has 0 N–H and O–H groups in total.